The number of ether oxygens (including phenoxy) is 1. The first-order valence-electron chi connectivity index (χ1n) is 6.04. The first-order valence-corrected chi connectivity index (χ1v) is 6.04. The van der Waals surface area contributed by atoms with E-state index in [0.29, 0.717) is 12.3 Å². The SMILES string of the molecule is CCC(CC)c1ccc(OC)c(CCO)c1. The van der Waals surface area contributed by atoms with Crippen molar-refractivity contribution in [2.24, 2.45) is 0 Å². The minimum Gasteiger partial charge on any atom is -0.496 e. The molecule has 1 aromatic carbocycles. The molecule has 0 aromatic heterocycles. The molecule has 0 saturated heterocycles. The number of methoxy groups -OCH3 is 1. The zero-order valence-electron chi connectivity index (χ0n) is 10.5. The molecule has 0 radical (unpaired) electrons. The van der Waals surface area contributed by atoms with Crippen LogP contribution in [0.25, 0.3) is 0 Å². The summed E-state index contributed by atoms with van der Waals surface area (Å²) in [5.41, 5.74) is 2.46. The quantitative estimate of drug-likeness (QED) is 0.801. The second-order valence-electron chi connectivity index (χ2n) is 4.06. The van der Waals surface area contributed by atoms with Gasteiger partial charge in [0.05, 0.1) is 7.11 Å². The minimum atomic E-state index is 0.169. The van der Waals surface area contributed by atoms with E-state index in [0.717, 1.165) is 24.2 Å². The summed E-state index contributed by atoms with van der Waals surface area (Å²) >= 11 is 0. The number of aliphatic hydroxyl groups is 1. The summed E-state index contributed by atoms with van der Waals surface area (Å²) in [6, 6.07) is 6.32. The van der Waals surface area contributed by atoms with Crippen molar-refractivity contribution in [1.82, 2.24) is 0 Å². The summed E-state index contributed by atoms with van der Waals surface area (Å²) in [6.45, 7) is 4.59. The highest BCUT2D eigenvalue weighted by atomic mass is 16.5. The topological polar surface area (TPSA) is 29.5 Å². The molecular weight excluding hydrogens is 200 g/mol. The molecule has 1 aromatic rings. The number of hydrogen-bond donors (Lipinski definition) is 1. The average Bonchev–Trinajstić information content (AvgIpc) is 2.31. The Bertz CT molecular complexity index is 317. The van der Waals surface area contributed by atoms with Crippen LogP contribution in [0.5, 0.6) is 5.75 Å². The molecule has 0 fully saturated rings. The molecule has 2 nitrogen and oxygen atoms in total. The summed E-state index contributed by atoms with van der Waals surface area (Å²) in [5, 5.41) is 9.03. The summed E-state index contributed by atoms with van der Waals surface area (Å²) < 4.78 is 5.29. The summed E-state index contributed by atoms with van der Waals surface area (Å²) in [5.74, 6) is 1.49. The smallest absolute Gasteiger partial charge is 0.122 e. The third-order valence-electron chi connectivity index (χ3n) is 3.14. The molecule has 0 bridgehead atoms. The van der Waals surface area contributed by atoms with Gasteiger partial charge in [-0.3, -0.25) is 0 Å². The first kappa shape index (κ1) is 13.0. The monoisotopic (exact) mass is 222 g/mol. The van der Waals surface area contributed by atoms with Gasteiger partial charge in [0.1, 0.15) is 5.75 Å². The number of aliphatic hydroxyl groups excluding tert-OH is 1. The van der Waals surface area contributed by atoms with Crippen molar-refractivity contribution in [3.8, 4) is 5.75 Å². The van der Waals surface area contributed by atoms with Gasteiger partial charge in [-0.25, -0.2) is 0 Å². The molecule has 1 rings (SSSR count). The lowest BCUT2D eigenvalue weighted by atomic mass is 9.92. The van der Waals surface area contributed by atoms with E-state index in [-0.39, 0.29) is 6.61 Å². The number of rotatable bonds is 6. The van der Waals surface area contributed by atoms with Crippen molar-refractivity contribution >= 4 is 0 Å². The van der Waals surface area contributed by atoms with E-state index in [4.69, 9.17) is 9.84 Å². The molecule has 0 aliphatic heterocycles. The van der Waals surface area contributed by atoms with Gasteiger partial charge in [-0.05, 0) is 42.4 Å². The molecule has 0 aliphatic carbocycles. The van der Waals surface area contributed by atoms with Crippen LogP contribution in [-0.2, 0) is 6.42 Å². The van der Waals surface area contributed by atoms with Gasteiger partial charge in [0.2, 0.25) is 0 Å². The fourth-order valence-corrected chi connectivity index (χ4v) is 2.13. The number of hydrogen-bond acceptors (Lipinski definition) is 2. The standard InChI is InChI=1S/C14H22O2/c1-4-11(5-2)12-6-7-14(16-3)13(10-12)8-9-15/h6-7,10-11,15H,4-5,8-9H2,1-3H3. The Morgan fingerprint density at radius 2 is 1.94 bits per heavy atom. The third-order valence-corrected chi connectivity index (χ3v) is 3.14. The molecule has 2 heteroatoms. The number of benzene rings is 1. The van der Waals surface area contributed by atoms with Crippen molar-refractivity contribution in [3.63, 3.8) is 0 Å². The summed E-state index contributed by atoms with van der Waals surface area (Å²) in [7, 11) is 1.67. The van der Waals surface area contributed by atoms with Crippen LogP contribution < -0.4 is 4.74 Å². The highest BCUT2D eigenvalue weighted by molar-refractivity contribution is 5.38. The summed E-state index contributed by atoms with van der Waals surface area (Å²) in [6.07, 6.45) is 2.97. The zero-order chi connectivity index (χ0) is 12.0. The van der Waals surface area contributed by atoms with Crippen LogP contribution in [0.2, 0.25) is 0 Å². The van der Waals surface area contributed by atoms with Crippen LogP contribution in [-0.4, -0.2) is 18.8 Å². The van der Waals surface area contributed by atoms with Gasteiger partial charge in [-0.15, -0.1) is 0 Å². The largest absolute Gasteiger partial charge is 0.496 e. The fraction of sp³-hybridized carbons (Fsp3) is 0.571. The maximum Gasteiger partial charge on any atom is 0.122 e. The molecule has 0 aliphatic rings. The van der Waals surface area contributed by atoms with Gasteiger partial charge in [0.25, 0.3) is 0 Å². The predicted molar refractivity (Wildman–Crippen MR) is 67.1 cm³/mol. The van der Waals surface area contributed by atoms with Crippen LogP contribution in [0, 0.1) is 0 Å². The van der Waals surface area contributed by atoms with Crippen molar-refractivity contribution in [3.05, 3.63) is 29.3 Å². The van der Waals surface area contributed by atoms with E-state index in [1.165, 1.54) is 5.56 Å². The Labute approximate surface area is 98.3 Å². The van der Waals surface area contributed by atoms with Gasteiger partial charge in [-0.1, -0.05) is 26.0 Å². The lowest BCUT2D eigenvalue weighted by Crippen LogP contribution is -2.00. The van der Waals surface area contributed by atoms with Gasteiger partial charge in [0.15, 0.2) is 0 Å². The van der Waals surface area contributed by atoms with Gasteiger partial charge in [0, 0.05) is 6.61 Å². The minimum absolute atomic E-state index is 0.169. The van der Waals surface area contributed by atoms with Gasteiger partial charge >= 0.3 is 0 Å². The summed E-state index contributed by atoms with van der Waals surface area (Å²) in [4.78, 5) is 0. The molecule has 0 spiro atoms. The van der Waals surface area contributed by atoms with Crippen LogP contribution in [0.4, 0.5) is 0 Å². The Kier molecular flexibility index (Phi) is 5.33. The van der Waals surface area contributed by atoms with Gasteiger partial charge < -0.3 is 9.84 Å². The van der Waals surface area contributed by atoms with E-state index in [1.54, 1.807) is 7.11 Å². The maximum atomic E-state index is 9.03. The Balaban J connectivity index is 3.00. The molecule has 0 atom stereocenters. The fourth-order valence-electron chi connectivity index (χ4n) is 2.13. The molecule has 1 N–H and O–H groups in total. The molecule has 0 unspecified atom stereocenters. The predicted octanol–water partition coefficient (Wildman–Crippen LogP) is 3.13. The van der Waals surface area contributed by atoms with Crippen molar-refractivity contribution in [1.29, 1.82) is 0 Å². The van der Waals surface area contributed by atoms with Crippen molar-refractivity contribution in [2.75, 3.05) is 13.7 Å². The van der Waals surface area contributed by atoms with Gasteiger partial charge in [-0.2, -0.15) is 0 Å². The highest BCUT2D eigenvalue weighted by Gasteiger charge is 2.10. The maximum absolute atomic E-state index is 9.03. The average molecular weight is 222 g/mol. The zero-order valence-corrected chi connectivity index (χ0v) is 10.5. The lowest BCUT2D eigenvalue weighted by Gasteiger charge is -2.16. The highest BCUT2D eigenvalue weighted by Crippen LogP contribution is 2.28. The Hall–Kier alpha value is -1.02. The van der Waals surface area contributed by atoms with Crippen molar-refractivity contribution in [2.45, 2.75) is 39.0 Å². The lowest BCUT2D eigenvalue weighted by molar-refractivity contribution is 0.296. The Morgan fingerprint density at radius 1 is 1.25 bits per heavy atom. The second-order valence-corrected chi connectivity index (χ2v) is 4.06. The molecule has 0 amide bonds. The van der Waals surface area contributed by atoms with Crippen LogP contribution in [0.1, 0.15) is 43.7 Å². The van der Waals surface area contributed by atoms with E-state index >= 15 is 0 Å². The first-order chi connectivity index (χ1) is 7.76. The normalized spacial score (nSPS) is 10.8. The molecule has 16 heavy (non-hydrogen) atoms. The molecular formula is C14H22O2. The van der Waals surface area contributed by atoms with Crippen LogP contribution in [0.3, 0.4) is 0 Å². The van der Waals surface area contributed by atoms with Crippen molar-refractivity contribution < 1.29 is 9.84 Å². The van der Waals surface area contributed by atoms with E-state index in [2.05, 4.69) is 26.0 Å². The van der Waals surface area contributed by atoms with E-state index < -0.39 is 0 Å². The third kappa shape index (κ3) is 2.99. The Morgan fingerprint density at radius 3 is 2.44 bits per heavy atom. The second kappa shape index (κ2) is 6.54. The molecule has 90 valence electrons. The van der Waals surface area contributed by atoms with Crippen LogP contribution >= 0.6 is 0 Å². The van der Waals surface area contributed by atoms with Crippen LogP contribution in [0.15, 0.2) is 18.2 Å². The molecule has 0 heterocycles. The van der Waals surface area contributed by atoms with E-state index in [1.807, 2.05) is 6.07 Å². The van der Waals surface area contributed by atoms with E-state index in [9.17, 15) is 0 Å². The molecule has 0 saturated carbocycles.